The van der Waals surface area contributed by atoms with E-state index in [0.717, 1.165) is 5.56 Å². The van der Waals surface area contributed by atoms with Crippen molar-refractivity contribution in [3.63, 3.8) is 0 Å². The highest BCUT2D eigenvalue weighted by molar-refractivity contribution is 6.33. The highest BCUT2D eigenvalue weighted by Crippen LogP contribution is 2.40. The van der Waals surface area contributed by atoms with E-state index in [1.807, 2.05) is 30.3 Å². The van der Waals surface area contributed by atoms with Crippen LogP contribution in [0.3, 0.4) is 0 Å². The van der Waals surface area contributed by atoms with Gasteiger partial charge in [0.1, 0.15) is 5.82 Å². The summed E-state index contributed by atoms with van der Waals surface area (Å²) in [6, 6.07) is 12.1. The summed E-state index contributed by atoms with van der Waals surface area (Å²) in [7, 11) is 1.53. The van der Waals surface area contributed by atoms with Crippen molar-refractivity contribution >= 4 is 29.0 Å². The van der Waals surface area contributed by atoms with E-state index in [-0.39, 0.29) is 42.0 Å². The SMILES string of the molecule is COCCCN(C(=O)c1cc(Cl)c2c(c1)OCO2)c1c(N)n(Cc2ccccc2)c(=O)[nH]c1=O. The number of benzene rings is 2. The molecular formula is C23H23ClN4O6. The Balaban J connectivity index is 1.79. The number of nitrogen functional groups attached to an aromatic ring is 1. The molecule has 0 saturated carbocycles. The van der Waals surface area contributed by atoms with Crippen molar-refractivity contribution in [1.29, 1.82) is 0 Å². The number of carbonyl (C=O) groups excluding carboxylic acids is 1. The Hall–Kier alpha value is -3.76. The fourth-order valence-corrected chi connectivity index (χ4v) is 3.95. The highest BCUT2D eigenvalue weighted by atomic mass is 35.5. The number of ether oxygens (including phenoxy) is 3. The monoisotopic (exact) mass is 486 g/mol. The number of nitrogens with zero attached hydrogens (tertiary/aromatic N) is 2. The second-order valence-electron chi connectivity index (χ2n) is 7.56. The van der Waals surface area contributed by atoms with Crippen molar-refractivity contribution in [1.82, 2.24) is 9.55 Å². The molecule has 0 atom stereocenters. The first-order valence-electron chi connectivity index (χ1n) is 10.5. The summed E-state index contributed by atoms with van der Waals surface area (Å²) in [5.41, 5.74) is 5.71. The minimum absolute atomic E-state index is 0.0126. The van der Waals surface area contributed by atoms with Crippen LogP contribution in [0, 0.1) is 0 Å². The number of anilines is 2. The van der Waals surface area contributed by atoms with Crippen molar-refractivity contribution in [2.75, 3.05) is 37.7 Å². The molecule has 0 fully saturated rings. The van der Waals surface area contributed by atoms with Crippen LogP contribution >= 0.6 is 11.6 Å². The lowest BCUT2D eigenvalue weighted by Crippen LogP contribution is -2.42. The molecule has 11 heteroatoms. The Morgan fingerprint density at radius 2 is 2.00 bits per heavy atom. The molecule has 2 aromatic carbocycles. The standard InChI is InChI=1S/C23H23ClN4O6/c1-32-9-5-8-27(22(30)15-10-16(24)19-17(11-15)33-13-34-19)18-20(25)28(23(31)26-21(18)29)12-14-6-3-2-4-7-14/h2-4,6-7,10-11H,5,8-9,12-13,25H2,1H3,(H,26,29,31). The summed E-state index contributed by atoms with van der Waals surface area (Å²) in [6.07, 6.45) is 0.414. The number of nitrogens with two attached hydrogens (primary N) is 1. The predicted molar refractivity (Wildman–Crippen MR) is 127 cm³/mol. The zero-order valence-electron chi connectivity index (χ0n) is 18.4. The number of H-pyrrole nitrogens is 1. The van der Waals surface area contributed by atoms with Gasteiger partial charge >= 0.3 is 5.69 Å². The number of hydrogen-bond acceptors (Lipinski definition) is 7. The normalized spacial score (nSPS) is 12.1. The Morgan fingerprint density at radius 1 is 1.24 bits per heavy atom. The topological polar surface area (TPSA) is 129 Å². The number of hydrogen-bond donors (Lipinski definition) is 2. The Kier molecular flexibility index (Phi) is 6.90. The molecular weight excluding hydrogens is 464 g/mol. The average molecular weight is 487 g/mol. The molecule has 1 aromatic heterocycles. The molecule has 3 aromatic rings. The summed E-state index contributed by atoms with van der Waals surface area (Å²) < 4.78 is 17.0. The number of carbonyl (C=O) groups is 1. The maximum Gasteiger partial charge on any atom is 0.330 e. The summed E-state index contributed by atoms with van der Waals surface area (Å²) in [5, 5.41) is 0.200. The Labute approximate surface area is 199 Å². The lowest BCUT2D eigenvalue weighted by molar-refractivity contribution is 0.0982. The minimum Gasteiger partial charge on any atom is -0.454 e. The largest absolute Gasteiger partial charge is 0.454 e. The number of rotatable bonds is 8. The molecule has 1 aliphatic rings. The summed E-state index contributed by atoms with van der Waals surface area (Å²) in [6.45, 7) is 0.551. The van der Waals surface area contributed by atoms with E-state index in [2.05, 4.69) is 4.98 Å². The van der Waals surface area contributed by atoms with Crippen LogP contribution in [0.4, 0.5) is 11.5 Å². The Morgan fingerprint density at radius 3 is 2.74 bits per heavy atom. The number of aromatic nitrogens is 2. The number of methoxy groups -OCH3 is 1. The smallest absolute Gasteiger partial charge is 0.330 e. The molecule has 1 aliphatic heterocycles. The first kappa shape index (κ1) is 23.4. The van der Waals surface area contributed by atoms with Gasteiger partial charge in [0.25, 0.3) is 11.5 Å². The number of amides is 1. The van der Waals surface area contributed by atoms with Gasteiger partial charge in [-0.05, 0) is 24.1 Å². The third-order valence-electron chi connectivity index (χ3n) is 5.32. The lowest BCUT2D eigenvalue weighted by Gasteiger charge is -2.25. The molecule has 0 radical (unpaired) electrons. The van der Waals surface area contributed by atoms with Crippen molar-refractivity contribution in [3.8, 4) is 11.5 Å². The van der Waals surface area contributed by atoms with Gasteiger partial charge in [0, 0.05) is 25.8 Å². The van der Waals surface area contributed by atoms with Crippen LogP contribution in [-0.2, 0) is 11.3 Å². The zero-order valence-corrected chi connectivity index (χ0v) is 19.1. The average Bonchev–Trinajstić information content (AvgIpc) is 3.30. The molecule has 0 saturated heterocycles. The summed E-state index contributed by atoms with van der Waals surface area (Å²) >= 11 is 6.26. The van der Waals surface area contributed by atoms with Crippen LogP contribution in [0.1, 0.15) is 22.3 Å². The third-order valence-corrected chi connectivity index (χ3v) is 5.60. The first-order chi connectivity index (χ1) is 16.4. The molecule has 178 valence electrons. The van der Waals surface area contributed by atoms with E-state index in [4.69, 9.17) is 31.5 Å². The third kappa shape index (κ3) is 4.63. The first-order valence-corrected chi connectivity index (χ1v) is 10.8. The van der Waals surface area contributed by atoms with Crippen LogP contribution in [0.2, 0.25) is 5.02 Å². The molecule has 3 N–H and O–H groups in total. The lowest BCUT2D eigenvalue weighted by atomic mass is 10.1. The van der Waals surface area contributed by atoms with Crippen LogP contribution in [0.15, 0.2) is 52.1 Å². The highest BCUT2D eigenvalue weighted by Gasteiger charge is 2.28. The van der Waals surface area contributed by atoms with E-state index in [0.29, 0.717) is 24.5 Å². The van der Waals surface area contributed by atoms with Gasteiger partial charge in [0.2, 0.25) is 6.79 Å². The molecule has 4 rings (SSSR count). The maximum atomic E-state index is 13.6. The van der Waals surface area contributed by atoms with Crippen molar-refractivity contribution in [2.45, 2.75) is 13.0 Å². The Bertz CT molecular complexity index is 1320. The van der Waals surface area contributed by atoms with Gasteiger partial charge in [-0.25, -0.2) is 4.79 Å². The number of nitrogens with one attached hydrogen (secondary N) is 1. The molecule has 0 aliphatic carbocycles. The fraction of sp³-hybridized carbons (Fsp3) is 0.261. The van der Waals surface area contributed by atoms with E-state index in [1.165, 1.54) is 28.7 Å². The molecule has 10 nitrogen and oxygen atoms in total. The van der Waals surface area contributed by atoms with E-state index in [1.54, 1.807) is 0 Å². The predicted octanol–water partition coefficient (Wildman–Crippen LogP) is 2.23. The van der Waals surface area contributed by atoms with Gasteiger partial charge in [0.05, 0.1) is 11.6 Å². The van der Waals surface area contributed by atoms with E-state index in [9.17, 15) is 14.4 Å². The second kappa shape index (κ2) is 10.0. The zero-order chi connectivity index (χ0) is 24.2. The minimum atomic E-state index is -0.774. The van der Waals surface area contributed by atoms with Gasteiger partial charge in [0.15, 0.2) is 17.2 Å². The molecule has 34 heavy (non-hydrogen) atoms. The number of aromatic amines is 1. The van der Waals surface area contributed by atoms with Crippen LogP contribution in [-0.4, -0.2) is 42.5 Å². The maximum absolute atomic E-state index is 13.6. The molecule has 0 spiro atoms. The molecule has 0 unspecified atom stereocenters. The fourth-order valence-electron chi connectivity index (χ4n) is 3.69. The summed E-state index contributed by atoms with van der Waals surface area (Å²) in [5.74, 6) is -0.00448. The number of fused-ring (bicyclic) bond motifs is 1. The second-order valence-corrected chi connectivity index (χ2v) is 7.97. The van der Waals surface area contributed by atoms with Gasteiger partial charge in [-0.1, -0.05) is 41.9 Å². The molecule has 2 heterocycles. The van der Waals surface area contributed by atoms with Crippen LogP contribution < -0.4 is 31.4 Å². The van der Waals surface area contributed by atoms with Gasteiger partial charge < -0.3 is 24.8 Å². The number of halogens is 1. The van der Waals surface area contributed by atoms with Gasteiger partial charge in [-0.2, -0.15) is 0 Å². The van der Waals surface area contributed by atoms with E-state index >= 15 is 0 Å². The molecule has 0 bridgehead atoms. The van der Waals surface area contributed by atoms with Gasteiger partial charge in [-0.15, -0.1) is 0 Å². The molecule has 1 amide bonds. The van der Waals surface area contributed by atoms with Gasteiger partial charge in [-0.3, -0.25) is 19.1 Å². The van der Waals surface area contributed by atoms with Crippen molar-refractivity contribution in [3.05, 3.63) is 79.5 Å². The summed E-state index contributed by atoms with van der Waals surface area (Å²) in [4.78, 5) is 42.5. The van der Waals surface area contributed by atoms with Crippen molar-refractivity contribution < 1.29 is 19.0 Å². The van der Waals surface area contributed by atoms with Crippen LogP contribution in [0.25, 0.3) is 0 Å². The quantitative estimate of drug-likeness (QED) is 0.467. The van der Waals surface area contributed by atoms with Crippen molar-refractivity contribution in [2.24, 2.45) is 0 Å². The van der Waals surface area contributed by atoms with E-state index < -0.39 is 17.2 Å². The van der Waals surface area contributed by atoms with Crippen LogP contribution in [0.5, 0.6) is 11.5 Å².